The zero-order valence-electron chi connectivity index (χ0n) is 29.5. The lowest BCUT2D eigenvalue weighted by molar-refractivity contribution is 0.660. The fourth-order valence-corrected chi connectivity index (χ4v) is 7.53. The highest BCUT2D eigenvalue weighted by Gasteiger charge is 2.35. The Morgan fingerprint density at radius 2 is 0.981 bits per heavy atom. The van der Waals surface area contributed by atoms with Gasteiger partial charge in [0.25, 0.3) is 0 Å². The summed E-state index contributed by atoms with van der Waals surface area (Å²) in [5.74, 6) is 0.699. The lowest BCUT2D eigenvalue weighted by Crippen LogP contribution is -2.15. The van der Waals surface area contributed by atoms with E-state index in [1.807, 2.05) is 66.9 Å². The number of hydrogen-bond acceptors (Lipinski definition) is 4. The van der Waals surface area contributed by atoms with E-state index < -0.39 is 0 Å². The minimum Gasteiger partial charge on any atom is -0.256 e. The van der Waals surface area contributed by atoms with Gasteiger partial charge >= 0.3 is 0 Å². The Kier molecular flexibility index (Phi) is 7.83. The smallest absolute Gasteiger partial charge is 0.160 e. The summed E-state index contributed by atoms with van der Waals surface area (Å²) in [6.45, 7) is 4.51. The van der Waals surface area contributed by atoms with E-state index in [1.54, 1.807) is 0 Å². The fraction of sp³-hybridized carbons (Fsp3) is 0.0612. The number of nitrogens with zero attached hydrogens (tertiary/aromatic N) is 4. The topological polar surface area (TPSA) is 62.5 Å². The molecule has 0 bridgehead atoms. The zero-order chi connectivity index (χ0) is 35.9. The van der Waals surface area contributed by atoms with E-state index in [4.69, 9.17) is 15.0 Å². The molecule has 8 aromatic rings. The molecule has 0 amide bonds. The van der Waals surface area contributed by atoms with Gasteiger partial charge in [0.1, 0.15) is 0 Å². The summed E-state index contributed by atoms with van der Waals surface area (Å²) in [6, 6.07) is 59.1. The number of nitriles is 1. The van der Waals surface area contributed by atoms with Crippen LogP contribution in [0.2, 0.25) is 0 Å². The summed E-state index contributed by atoms with van der Waals surface area (Å²) in [4.78, 5) is 14.7. The summed E-state index contributed by atoms with van der Waals surface area (Å²) < 4.78 is 0. The molecule has 6 aromatic carbocycles. The first-order valence-electron chi connectivity index (χ1n) is 17.8. The monoisotopic (exact) mass is 678 g/mol. The number of fused-ring (bicyclic) bond motifs is 3. The van der Waals surface area contributed by atoms with Crippen LogP contribution < -0.4 is 0 Å². The van der Waals surface area contributed by atoms with Crippen LogP contribution in [0.1, 0.15) is 30.5 Å². The highest BCUT2D eigenvalue weighted by molar-refractivity contribution is 5.86. The Hall–Kier alpha value is -6.96. The van der Waals surface area contributed by atoms with E-state index in [0.29, 0.717) is 11.4 Å². The zero-order valence-corrected chi connectivity index (χ0v) is 29.5. The van der Waals surface area contributed by atoms with Crippen molar-refractivity contribution in [1.29, 1.82) is 5.26 Å². The highest BCUT2D eigenvalue weighted by Crippen LogP contribution is 2.50. The number of rotatable bonds is 6. The lowest BCUT2D eigenvalue weighted by Gasteiger charge is -2.22. The van der Waals surface area contributed by atoms with Gasteiger partial charge in [-0.3, -0.25) is 4.98 Å². The number of hydrogen-bond donors (Lipinski definition) is 0. The highest BCUT2D eigenvalue weighted by atomic mass is 14.9. The normalized spacial score (nSPS) is 12.5. The Bertz CT molecular complexity index is 2620. The van der Waals surface area contributed by atoms with Crippen LogP contribution in [0.25, 0.3) is 78.5 Å². The molecular formula is C49H34N4. The molecular weight excluding hydrogens is 645 g/mol. The third-order valence-corrected chi connectivity index (χ3v) is 10.4. The average Bonchev–Trinajstić information content (AvgIpc) is 3.46. The van der Waals surface area contributed by atoms with Crippen LogP contribution in [0.3, 0.4) is 0 Å². The second-order valence-corrected chi connectivity index (χ2v) is 14.0. The van der Waals surface area contributed by atoms with E-state index in [1.165, 1.54) is 22.3 Å². The third-order valence-electron chi connectivity index (χ3n) is 10.4. The quantitative estimate of drug-likeness (QED) is 0.176. The number of pyridine rings is 1. The molecule has 1 aliphatic carbocycles. The van der Waals surface area contributed by atoms with Crippen LogP contribution in [-0.4, -0.2) is 15.0 Å². The second kappa shape index (κ2) is 13.0. The lowest BCUT2D eigenvalue weighted by atomic mass is 9.81. The predicted molar refractivity (Wildman–Crippen MR) is 215 cm³/mol. The van der Waals surface area contributed by atoms with E-state index in [0.717, 1.165) is 61.6 Å². The first kappa shape index (κ1) is 32.0. The average molecular weight is 679 g/mol. The molecule has 0 unspecified atom stereocenters. The molecule has 1 aliphatic rings. The molecule has 53 heavy (non-hydrogen) atoms. The molecule has 0 N–H and O–H groups in total. The molecule has 0 radical (unpaired) electrons. The molecule has 250 valence electrons. The fourth-order valence-electron chi connectivity index (χ4n) is 7.53. The summed E-state index contributed by atoms with van der Waals surface area (Å²) in [7, 11) is 0. The van der Waals surface area contributed by atoms with Gasteiger partial charge in [-0.15, -0.1) is 0 Å². The molecule has 0 saturated heterocycles. The SMILES string of the molecule is CC1(C)c2cc(C#N)ccc2-c2ccc(-c3cc(-c4ccc(-c5cc(-c6ccccc6)nc(-c6ccccc6)n5)cc4)cc(-c4ccccn4)c3)cc21. The van der Waals surface area contributed by atoms with Crippen LogP contribution in [0.5, 0.6) is 0 Å². The molecule has 0 aliphatic heterocycles. The third kappa shape index (κ3) is 5.89. The van der Waals surface area contributed by atoms with Crippen molar-refractivity contribution >= 4 is 0 Å². The summed E-state index contributed by atoms with van der Waals surface area (Å²) in [6.07, 6.45) is 1.84. The molecule has 9 rings (SSSR count). The van der Waals surface area contributed by atoms with Crippen molar-refractivity contribution in [3.05, 3.63) is 187 Å². The summed E-state index contributed by atoms with van der Waals surface area (Å²) >= 11 is 0. The van der Waals surface area contributed by atoms with Gasteiger partial charge in [0.15, 0.2) is 5.82 Å². The van der Waals surface area contributed by atoms with Gasteiger partial charge < -0.3 is 0 Å². The molecule has 0 fully saturated rings. The largest absolute Gasteiger partial charge is 0.256 e. The van der Waals surface area contributed by atoms with Crippen molar-refractivity contribution in [3.8, 4) is 84.6 Å². The maximum absolute atomic E-state index is 9.61. The molecule has 0 saturated carbocycles. The van der Waals surface area contributed by atoms with Crippen molar-refractivity contribution in [1.82, 2.24) is 15.0 Å². The van der Waals surface area contributed by atoms with E-state index >= 15 is 0 Å². The van der Waals surface area contributed by atoms with Gasteiger partial charge in [-0.05, 0) is 99.1 Å². The number of aromatic nitrogens is 3. The van der Waals surface area contributed by atoms with Crippen LogP contribution >= 0.6 is 0 Å². The van der Waals surface area contributed by atoms with Crippen LogP contribution in [0, 0.1) is 11.3 Å². The van der Waals surface area contributed by atoms with Gasteiger partial charge in [0.05, 0.1) is 28.7 Å². The number of benzene rings is 6. The predicted octanol–water partition coefficient (Wildman–Crippen LogP) is 12.1. The molecule has 2 heterocycles. The standard InChI is InChI=1S/C49H34N4/c1-49(2)43-25-32(31-50)16-22-41(43)42-23-21-37(29-44(42)49)39-26-38(27-40(28-39)45-15-9-10-24-51-45)33-17-19-35(20-18-33)47-30-46(34-11-5-3-6-12-34)52-48(53-47)36-13-7-4-8-14-36/h3-30H,1-2H3. The Balaban J connectivity index is 1.13. The van der Waals surface area contributed by atoms with E-state index in [2.05, 4.69) is 123 Å². The van der Waals surface area contributed by atoms with Gasteiger partial charge in [0.2, 0.25) is 0 Å². The van der Waals surface area contributed by atoms with E-state index in [9.17, 15) is 5.26 Å². The van der Waals surface area contributed by atoms with Crippen molar-refractivity contribution in [3.63, 3.8) is 0 Å². The summed E-state index contributed by atoms with van der Waals surface area (Å²) in [5.41, 5.74) is 16.6. The van der Waals surface area contributed by atoms with Gasteiger partial charge in [-0.1, -0.05) is 123 Å². The van der Waals surface area contributed by atoms with Crippen molar-refractivity contribution in [2.24, 2.45) is 0 Å². The van der Waals surface area contributed by atoms with Gasteiger partial charge in [-0.25, -0.2) is 9.97 Å². The maximum Gasteiger partial charge on any atom is 0.160 e. The van der Waals surface area contributed by atoms with Crippen molar-refractivity contribution in [2.75, 3.05) is 0 Å². The summed E-state index contributed by atoms with van der Waals surface area (Å²) in [5, 5.41) is 9.61. The molecule has 0 spiro atoms. The maximum atomic E-state index is 9.61. The van der Waals surface area contributed by atoms with Crippen LogP contribution in [0.4, 0.5) is 0 Å². The second-order valence-electron chi connectivity index (χ2n) is 14.0. The van der Waals surface area contributed by atoms with E-state index in [-0.39, 0.29) is 5.41 Å². The molecule has 0 atom stereocenters. The van der Waals surface area contributed by atoms with Crippen LogP contribution in [0.15, 0.2) is 170 Å². The van der Waals surface area contributed by atoms with Crippen LogP contribution in [-0.2, 0) is 5.41 Å². The molecule has 4 nitrogen and oxygen atoms in total. The first-order chi connectivity index (χ1) is 25.9. The molecule has 2 aromatic heterocycles. The van der Waals surface area contributed by atoms with Gasteiger partial charge in [0, 0.05) is 33.9 Å². The Morgan fingerprint density at radius 3 is 1.64 bits per heavy atom. The molecule has 4 heteroatoms. The van der Waals surface area contributed by atoms with Crippen molar-refractivity contribution < 1.29 is 0 Å². The van der Waals surface area contributed by atoms with Crippen molar-refractivity contribution in [2.45, 2.75) is 19.3 Å². The Morgan fingerprint density at radius 1 is 0.434 bits per heavy atom. The minimum atomic E-state index is -0.230. The first-order valence-corrected chi connectivity index (χ1v) is 17.8. The van der Waals surface area contributed by atoms with Gasteiger partial charge in [-0.2, -0.15) is 5.26 Å². The Labute approximate surface area is 309 Å². The minimum absolute atomic E-state index is 0.230.